The molecule has 0 aliphatic heterocycles. The second-order valence-electron chi connectivity index (χ2n) is 5.38. The summed E-state index contributed by atoms with van der Waals surface area (Å²) in [7, 11) is 0. The Labute approximate surface area is 126 Å². The first kappa shape index (κ1) is 12.8. The number of benzene rings is 1. The number of nitrogens with one attached hydrogen (secondary N) is 2. The van der Waals surface area contributed by atoms with Crippen LogP contribution in [0.5, 0.6) is 0 Å². The van der Waals surface area contributed by atoms with Gasteiger partial charge in [0, 0.05) is 23.6 Å². The van der Waals surface area contributed by atoms with Crippen molar-refractivity contribution >= 4 is 11.0 Å². The lowest BCUT2D eigenvalue weighted by Gasteiger charge is -2.14. The first-order valence-electron chi connectivity index (χ1n) is 7.02. The molecule has 0 fully saturated rings. The Kier molecular flexibility index (Phi) is 2.81. The van der Waals surface area contributed by atoms with Crippen molar-refractivity contribution in [2.45, 2.75) is 18.6 Å². The third-order valence-corrected chi connectivity index (χ3v) is 4.14. The van der Waals surface area contributed by atoms with Crippen molar-refractivity contribution < 1.29 is 5.11 Å². The fourth-order valence-electron chi connectivity index (χ4n) is 3.11. The van der Waals surface area contributed by atoms with E-state index < -0.39 is 6.10 Å². The number of aliphatic hydroxyl groups excluding tert-OH is 1. The smallest absolute Gasteiger partial charge is 0.177 e. The van der Waals surface area contributed by atoms with Crippen molar-refractivity contribution in [2.24, 2.45) is 0 Å². The molecule has 22 heavy (non-hydrogen) atoms. The van der Waals surface area contributed by atoms with Crippen LogP contribution < -0.4 is 5.32 Å². The zero-order chi connectivity index (χ0) is 15.1. The van der Waals surface area contributed by atoms with Crippen LogP contribution in [0.4, 0.5) is 0 Å². The van der Waals surface area contributed by atoms with Gasteiger partial charge in [0.15, 0.2) is 6.19 Å². The molecule has 0 amide bonds. The van der Waals surface area contributed by atoms with E-state index >= 15 is 0 Å². The average molecular weight is 291 g/mol. The molecule has 2 heterocycles. The second-order valence-corrected chi connectivity index (χ2v) is 5.38. The van der Waals surface area contributed by atoms with Gasteiger partial charge < -0.3 is 15.4 Å². The first-order chi connectivity index (χ1) is 10.8. The number of aromatic amines is 1. The monoisotopic (exact) mass is 291 g/mol. The van der Waals surface area contributed by atoms with Crippen molar-refractivity contribution in [1.29, 1.82) is 5.26 Å². The summed E-state index contributed by atoms with van der Waals surface area (Å²) in [4.78, 5) is 11.7. The van der Waals surface area contributed by atoms with E-state index in [1.165, 1.54) is 6.33 Å². The van der Waals surface area contributed by atoms with E-state index in [4.69, 9.17) is 5.26 Å². The van der Waals surface area contributed by atoms with Crippen molar-refractivity contribution in [3.63, 3.8) is 0 Å². The fourth-order valence-corrected chi connectivity index (χ4v) is 3.11. The number of H-pyrrole nitrogens is 1. The summed E-state index contributed by atoms with van der Waals surface area (Å²) in [6.45, 7) is 0. The number of aromatic nitrogens is 3. The van der Waals surface area contributed by atoms with Crippen LogP contribution in [0.2, 0.25) is 0 Å². The molecule has 1 aliphatic carbocycles. The second kappa shape index (κ2) is 4.83. The summed E-state index contributed by atoms with van der Waals surface area (Å²) in [5.74, 6) is 0. The van der Waals surface area contributed by atoms with Crippen LogP contribution in [-0.2, 0) is 6.42 Å². The maximum atomic E-state index is 10.1. The highest BCUT2D eigenvalue weighted by Gasteiger charge is 2.31. The van der Waals surface area contributed by atoms with E-state index in [2.05, 4.69) is 20.3 Å². The van der Waals surface area contributed by atoms with Crippen LogP contribution in [0, 0.1) is 11.5 Å². The number of hydrogen-bond acceptors (Lipinski definition) is 5. The molecule has 0 spiro atoms. The summed E-state index contributed by atoms with van der Waals surface area (Å²) in [6.07, 6.45) is 5.26. The minimum Gasteiger partial charge on any atom is -0.390 e. The Morgan fingerprint density at radius 1 is 1.32 bits per heavy atom. The molecule has 3 N–H and O–H groups in total. The minimum atomic E-state index is -0.581. The summed E-state index contributed by atoms with van der Waals surface area (Å²) >= 11 is 0. The Balaban J connectivity index is 1.86. The predicted octanol–water partition coefficient (Wildman–Crippen LogP) is 1.65. The van der Waals surface area contributed by atoms with E-state index in [9.17, 15) is 5.11 Å². The molecule has 2 aromatic heterocycles. The lowest BCUT2D eigenvalue weighted by atomic mass is 10.0. The van der Waals surface area contributed by atoms with Crippen LogP contribution in [0.25, 0.3) is 22.3 Å². The van der Waals surface area contributed by atoms with E-state index in [0.717, 1.165) is 33.4 Å². The van der Waals surface area contributed by atoms with Gasteiger partial charge in [-0.3, -0.25) is 0 Å². The molecule has 108 valence electrons. The maximum Gasteiger partial charge on any atom is 0.177 e. The Morgan fingerprint density at radius 2 is 2.23 bits per heavy atom. The van der Waals surface area contributed by atoms with E-state index in [1.807, 2.05) is 36.7 Å². The molecule has 3 aromatic rings. The Bertz CT molecular complexity index is 895. The molecular formula is C16H13N5O. The first-order valence-corrected chi connectivity index (χ1v) is 7.02. The molecule has 0 radical (unpaired) electrons. The predicted molar refractivity (Wildman–Crippen MR) is 80.5 cm³/mol. The number of fused-ring (bicyclic) bond motifs is 2. The lowest BCUT2D eigenvalue weighted by Crippen LogP contribution is -2.24. The molecular weight excluding hydrogens is 278 g/mol. The highest BCUT2D eigenvalue weighted by atomic mass is 16.3. The number of nitrogens with zero attached hydrogens (tertiary/aromatic N) is 3. The third kappa shape index (κ3) is 1.84. The van der Waals surface area contributed by atoms with Gasteiger partial charge in [-0.25, -0.2) is 9.97 Å². The van der Waals surface area contributed by atoms with Gasteiger partial charge in [-0.1, -0.05) is 12.1 Å². The van der Waals surface area contributed by atoms with Gasteiger partial charge in [-0.05, 0) is 23.3 Å². The lowest BCUT2D eigenvalue weighted by molar-refractivity contribution is 0.149. The standard InChI is InChI=1S/C16H13N5O/c17-7-19-15-12-5-10(2-1-9(12)6-13(15)22)14-11-3-4-18-16(11)21-8-20-14/h1-5,8,13,15,19,22H,6H2,(H,18,20,21). The highest BCUT2D eigenvalue weighted by Crippen LogP contribution is 2.35. The molecule has 0 saturated heterocycles. The molecule has 1 aliphatic rings. The molecule has 4 rings (SSSR count). The van der Waals surface area contributed by atoms with Gasteiger partial charge >= 0.3 is 0 Å². The largest absolute Gasteiger partial charge is 0.390 e. The quantitative estimate of drug-likeness (QED) is 0.492. The van der Waals surface area contributed by atoms with Gasteiger partial charge in [0.2, 0.25) is 0 Å². The van der Waals surface area contributed by atoms with Crippen LogP contribution >= 0.6 is 0 Å². The molecule has 2 unspecified atom stereocenters. The SMILES string of the molecule is N#CNC1c2cc(-c3ncnc4[nH]ccc34)ccc2CC1O. The van der Waals surface area contributed by atoms with Crippen molar-refractivity contribution in [1.82, 2.24) is 20.3 Å². The Morgan fingerprint density at radius 3 is 3.09 bits per heavy atom. The van der Waals surface area contributed by atoms with Crippen LogP contribution in [0.1, 0.15) is 17.2 Å². The van der Waals surface area contributed by atoms with Gasteiger partial charge in [0.25, 0.3) is 0 Å². The van der Waals surface area contributed by atoms with Crippen LogP contribution in [-0.4, -0.2) is 26.2 Å². The fraction of sp³-hybridized carbons (Fsp3) is 0.188. The number of hydrogen-bond donors (Lipinski definition) is 3. The van der Waals surface area contributed by atoms with Crippen molar-refractivity contribution in [2.75, 3.05) is 0 Å². The van der Waals surface area contributed by atoms with Gasteiger partial charge in [-0.15, -0.1) is 0 Å². The summed E-state index contributed by atoms with van der Waals surface area (Å²) < 4.78 is 0. The van der Waals surface area contributed by atoms with Crippen LogP contribution in [0.3, 0.4) is 0 Å². The third-order valence-electron chi connectivity index (χ3n) is 4.14. The molecule has 2 atom stereocenters. The molecule has 0 saturated carbocycles. The van der Waals surface area contributed by atoms with Gasteiger partial charge in [-0.2, -0.15) is 5.26 Å². The highest BCUT2D eigenvalue weighted by molar-refractivity contribution is 5.90. The van der Waals surface area contributed by atoms with Crippen molar-refractivity contribution in [3.05, 3.63) is 47.9 Å². The number of aliphatic hydroxyl groups is 1. The van der Waals surface area contributed by atoms with E-state index in [-0.39, 0.29) is 6.04 Å². The summed E-state index contributed by atoms with van der Waals surface area (Å²) in [5, 5.41) is 22.6. The molecule has 0 bridgehead atoms. The van der Waals surface area contributed by atoms with E-state index in [0.29, 0.717) is 6.42 Å². The number of nitriles is 1. The maximum absolute atomic E-state index is 10.1. The van der Waals surface area contributed by atoms with Gasteiger partial charge in [0.05, 0.1) is 17.8 Å². The topological polar surface area (TPSA) is 97.6 Å². The minimum absolute atomic E-state index is 0.358. The molecule has 1 aromatic carbocycles. The zero-order valence-electron chi connectivity index (χ0n) is 11.6. The normalized spacial score (nSPS) is 19.8. The number of rotatable bonds is 2. The van der Waals surface area contributed by atoms with Crippen LogP contribution in [0.15, 0.2) is 36.8 Å². The molecule has 6 heteroatoms. The van der Waals surface area contributed by atoms with E-state index in [1.54, 1.807) is 0 Å². The summed E-state index contributed by atoms with van der Waals surface area (Å²) in [5.41, 5.74) is 4.59. The summed E-state index contributed by atoms with van der Waals surface area (Å²) in [6, 6.07) is 7.57. The van der Waals surface area contributed by atoms with Gasteiger partial charge in [0.1, 0.15) is 12.0 Å². The zero-order valence-corrected chi connectivity index (χ0v) is 11.6. The Hall–Kier alpha value is -2.91. The van der Waals surface area contributed by atoms with Crippen molar-refractivity contribution in [3.8, 4) is 17.5 Å². The molecule has 6 nitrogen and oxygen atoms in total. The average Bonchev–Trinajstić information content (AvgIpc) is 3.12.